The molecule has 2 aromatic rings. The molecule has 1 aliphatic rings. The minimum absolute atomic E-state index is 0.136. The van der Waals surface area contributed by atoms with E-state index in [1.807, 2.05) is 0 Å². The van der Waals surface area contributed by atoms with Crippen LogP contribution in [0, 0.1) is 0 Å². The van der Waals surface area contributed by atoms with Crippen molar-refractivity contribution >= 4 is 17.8 Å². The first-order valence-electron chi connectivity index (χ1n) is 6.08. The lowest BCUT2D eigenvalue weighted by molar-refractivity contribution is -0.307. The summed E-state index contributed by atoms with van der Waals surface area (Å²) in [7, 11) is 0. The summed E-state index contributed by atoms with van der Waals surface area (Å²) in [4.78, 5) is 22.5. The van der Waals surface area contributed by atoms with Gasteiger partial charge in [-0.15, -0.1) is 0 Å². The molecule has 6 heteroatoms. The van der Waals surface area contributed by atoms with Crippen LogP contribution in [-0.2, 0) is 4.79 Å². The van der Waals surface area contributed by atoms with Crippen molar-refractivity contribution in [2.45, 2.75) is 0 Å². The van der Waals surface area contributed by atoms with Crippen molar-refractivity contribution in [3.05, 3.63) is 53.7 Å². The molecule has 0 spiro atoms. The zero-order chi connectivity index (χ0) is 14.8. The number of Topliss-reactive ketones (excluding diaryl/α,β-unsaturated/α-hetero) is 1. The highest BCUT2D eigenvalue weighted by Gasteiger charge is 2.28. The van der Waals surface area contributed by atoms with Gasteiger partial charge in [0.25, 0.3) is 0 Å². The van der Waals surface area contributed by atoms with E-state index < -0.39 is 12.6 Å². The molecular weight excluding hydrogens is 276 g/mol. The van der Waals surface area contributed by atoms with Gasteiger partial charge in [-0.3, -0.25) is 4.79 Å². The van der Waals surface area contributed by atoms with Crippen molar-refractivity contribution in [2.24, 2.45) is 0 Å². The number of hydrogen-bond acceptors (Lipinski definition) is 6. The molecule has 6 nitrogen and oxygen atoms in total. The second kappa shape index (κ2) is 5.16. The third-order valence-corrected chi connectivity index (χ3v) is 2.81. The number of carboxylic acids is 1. The summed E-state index contributed by atoms with van der Waals surface area (Å²) in [5.41, 5.74) is 0.383. The van der Waals surface area contributed by atoms with Crippen LogP contribution in [0.15, 0.2) is 46.8 Å². The first kappa shape index (κ1) is 13.0. The summed E-state index contributed by atoms with van der Waals surface area (Å²) in [6.45, 7) is -0.568. The van der Waals surface area contributed by atoms with E-state index in [0.29, 0.717) is 17.1 Å². The SMILES string of the molecule is O=C([O-])COc1ccc2c(c1)O/C(=C/c1ccco1)C2=O. The highest BCUT2D eigenvalue weighted by molar-refractivity contribution is 6.14. The van der Waals surface area contributed by atoms with Gasteiger partial charge in [0, 0.05) is 12.1 Å². The fraction of sp³-hybridized carbons (Fsp3) is 0.0667. The number of hydrogen-bond donors (Lipinski definition) is 0. The van der Waals surface area contributed by atoms with Crippen molar-refractivity contribution in [3.8, 4) is 11.5 Å². The number of allylic oxidation sites excluding steroid dienone is 1. The Hall–Kier alpha value is -3.02. The van der Waals surface area contributed by atoms with Crippen LogP contribution >= 0.6 is 0 Å². The van der Waals surface area contributed by atoms with Gasteiger partial charge in [-0.2, -0.15) is 0 Å². The number of carbonyl (C=O) groups is 2. The highest BCUT2D eigenvalue weighted by Crippen LogP contribution is 2.34. The van der Waals surface area contributed by atoms with Gasteiger partial charge >= 0.3 is 0 Å². The number of furan rings is 1. The van der Waals surface area contributed by atoms with E-state index in [1.165, 1.54) is 30.5 Å². The molecule has 2 heterocycles. The third kappa shape index (κ3) is 2.64. The maximum absolute atomic E-state index is 12.1. The van der Waals surface area contributed by atoms with E-state index >= 15 is 0 Å². The number of carbonyl (C=O) groups excluding carboxylic acids is 2. The number of rotatable bonds is 4. The summed E-state index contributed by atoms with van der Waals surface area (Å²) in [5.74, 6) is -0.367. The average molecular weight is 285 g/mol. The van der Waals surface area contributed by atoms with E-state index in [0.717, 1.165) is 0 Å². The molecule has 1 aliphatic heterocycles. The van der Waals surface area contributed by atoms with Crippen LogP contribution in [0.2, 0.25) is 0 Å². The monoisotopic (exact) mass is 285 g/mol. The molecule has 0 saturated heterocycles. The molecular formula is C15H9O6-. The first-order valence-corrected chi connectivity index (χ1v) is 6.08. The Kier molecular flexibility index (Phi) is 3.19. The lowest BCUT2D eigenvalue weighted by Gasteiger charge is -2.07. The molecule has 0 aliphatic carbocycles. The molecule has 0 bridgehead atoms. The minimum atomic E-state index is -1.33. The van der Waals surface area contributed by atoms with Gasteiger partial charge in [-0.05, 0) is 24.3 Å². The van der Waals surface area contributed by atoms with Gasteiger partial charge in [-0.1, -0.05) is 0 Å². The summed E-state index contributed by atoms with van der Waals surface area (Å²) < 4.78 is 15.6. The zero-order valence-corrected chi connectivity index (χ0v) is 10.7. The molecule has 3 rings (SSSR count). The lowest BCUT2D eigenvalue weighted by atomic mass is 10.1. The van der Waals surface area contributed by atoms with Gasteiger partial charge in [0.15, 0.2) is 5.76 Å². The molecule has 0 atom stereocenters. The topological polar surface area (TPSA) is 88.8 Å². The van der Waals surface area contributed by atoms with Gasteiger partial charge in [0.1, 0.15) is 23.9 Å². The zero-order valence-electron chi connectivity index (χ0n) is 10.7. The van der Waals surface area contributed by atoms with Gasteiger partial charge in [0.05, 0.1) is 17.8 Å². The number of aliphatic carboxylic acids is 1. The fourth-order valence-corrected chi connectivity index (χ4v) is 1.90. The fourth-order valence-electron chi connectivity index (χ4n) is 1.90. The Balaban J connectivity index is 1.84. The Morgan fingerprint density at radius 3 is 2.90 bits per heavy atom. The van der Waals surface area contributed by atoms with Crippen LogP contribution in [0.1, 0.15) is 16.1 Å². The van der Waals surface area contributed by atoms with E-state index in [4.69, 9.17) is 13.9 Å². The second-order valence-electron chi connectivity index (χ2n) is 4.27. The number of ketones is 1. The van der Waals surface area contributed by atoms with Crippen LogP contribution in [-0.4, -0.2) is 18.4 Å². The van der Waals surface area contributed by atoms with Crippen LogP contribution < -0.4 is 14.6 Å². The number of fused-ring (bicyclic) bond motifs is 1. The molecule has 0 radical (unpaired) electrons. The lowest BCUT2D eigenvalue weighted by Crippen LogP contribution is -2.28. The highest BCUT2D eigenvalue weighted by atomic mass is 16.5. The normalized spacial score (nSPS) is 14.9. The molecule has 0 amide bonds. The van der Waals surface area contributed by atoms with E-state index in [2.05, 4.69) is 0 Å². The van der Waals surface area contributed by atoms with Crippen molar-refractivity contribution < 1.29 is 28.6 Å². The summed E-state index contributed by atoms with van der Waals surface area (Å²) >= 11 is 0. The Morgan fingerprint density at radius 1 is 1.33 bits per heavy atom. The van der Waals surface area contributed by atoms with E-state index in [1.54, 1.807) is 12.1 Å². The molecule has 21 heavy (non-hydrogen) atoms. The Labute approximate surface area is 119 Å². The number of carboxylic acid groups (broad SMARTS) is 1. The largest absolute Gasteiger partial charge is 0.546 e. The molecule has 0 saturated carbocycles. The first-order chi connectivity index (χ1) is 10.1. The molecule has 1 aromatic carbocycles. The molecule has 1 aromatic heterocycles. The van der Waals surface area contributed by atoms with Crippen molar-refractivity contribution in [2.75, 3.05) is 6.61 Å². The molecule has 106 valence electrons. The quantitative estimate of drug-likeness (QED) is 0.779. The number of ether oxygens (including phenoxy) is 2. The van der Waals surface area contributed by atoms with Crippen molar-refractivity contribution in [3.63, 3.8) is 0 Å². The minimum Gasteiger partial charge on any atom is -0.546 e. The predicted octanol–water partition coefficient (Wildman–Crippen LogP) is 1.02. The predicted molar refractivity (Wildman–Crippen MR) is 68.6 cm³/mol. The number of benzene rings is 1. The Morgan fingerprint density at radius 2 is 2.19 bits per heavy atom. The van der Waals surface area contributed by atoms with E-state index in [9.17, 15) is 14.7 Å². The molecule has 0 N–H and O–H groups in total. The van der Waals surface area contributed by atoms with Crippen molar-refractivity contribution in [1.82, 2.24) is 0 Å². The average Bonchev–Trinajstić information content (AvgIpc) is 3.06. The maximum Gasteiger partial charge on any atom is 0.232 e. The van der Waals surface area contributed by atoms with E-state index in [-0.39, 0.29) is 17.3 Å². The van der Waals surface area contributed by atoms with Crippen LogP contribution in [0.4, 0.5) is 0 Å². The third-order valence-electron chi connectivity index (χ3n) is 2.81. The van der Waals surface area contributed by atoms with Crippen molar-refractivity contribution in [1.29, 1.82) is 0 Å². The second-order valence-corrected chi connectivity index (χ2v) is 4.27. The summed E-state index contributed by atoms with van der Waals surface area (Å²) in [6.07, 6.45) is 2.98. The Bertz CT molecular complexity index is 727. The van der Waals surface area contributed by atoms with Gasteiger partial charge in [-0.25, -0.2) is 0 Å². The van der Waals surface area contributed by atoms with Crippen LogP contribution in [0.5, 0.6) is 11.5 Å². The van der Waals surface area contributed by atoms with Crippen LogP contribution in [0.3, 0.4) is 0 Å². The standard InChI is InChI=1S/C15H10O6/c16-14(17)8-20-10-3-4-11-12(6-10)21-13(15(11)18)7-9-2-1-5-19-9/h1-7H,8H2,(H,16,17)/p-1/b13-7+. The maximum atomic E-state index is 12.1. The van der Waals surface area contributed by atoms with Gasteiger partial charge in [0.2, 0.25) is 5.78 Å². The molecule has 0 unspecified atom stereocenters. The summed E-state index contributed by atoms with van der Waals surface area (Å²) in [5, 5.41) is 10.3. The molecule has 0 fully saturated rings. The van der Waals surface area contributed by atoms with Gasteiger partial charge < -0.3 is 23.8 Å². The van der Waals surface area contributed by atoms with Crippen LogP contribution in [0.25, 0.3) is 6.08 Å². The smallest absolute Gasteiger partial charge is 0.232 e. The summed E-state index contributed by atoms with van der Waals surface area (Å²) in [6, 6.07) is 7.87.